The Kier molecular flexibility index (Phi) is 8.11. The Bertz CT molecular complexity index is 1050. The van der Waals surface area contributed by atoms with Gasteiger partial charge in [-0.25, -0.2) is 18.4 Å². The standard InChI is InChI=1S/C20H22N2O8S/c1-3-29-19(24)12-22(15-7-5-4-6-8-15)18(23)13-30-20(25)14-9-10-16(28-2)17(11-14)31(21,26)27/h4-11H,3,12-13H2,1-2H3,(H2,21,26,27). The highest BCUT2D eigenvalue weighted by Crippen LogP contribution is 2.24. The van der Waals surface area contributed by atoms with E-state index in [0.717, 1.165) is 11.0 Å². The van der Waals surface area contributed by atoms with Gasteiger partial charge in [0.05, 0.1) is 19.3 Å². The van der Waals surface area contributed by atoms with Crippen LogP contribution in [0.5, 0.6) is 5.75 Å². The third-order valence-electron chi connectivity index (χ3n) is 3.99. The number of carbonyl (C=O) groups is 3. The van der Waals surface area contributed by atoms with Crippen LogP contribution in [0, 0.1) is 0 Å². The van der Waals surface area contributed by atoms with Crippen LogP contribution in [0.25, 0.3) is 0 Å². The number of nitrogens with zero attached hydrogens (tertiary/aromatic N) is 1. The molecular formula is C20H22N2O8S. The number of hydrogen-bond donors (Lipinski definition) is 1. The molecule has 2 aromatic carbocycles. The third-order valence-corrected chi connectivity index (χ3v) is 4.93. The van der Waals surface area contributed by atoms with Crippen molar-refractivity contribution < 1.29 is 37.0 Å². The zero-order valence-corrected chi connectivity index (χ0v) is 17.8. The lowest BCUT2D eigenvalue weighted by Crippen LogP contribution is -2.39. The summed E-state index contributed by atoms with van der Waals surface area (Å²) in [6.07, 6.45) is 0. The molecule has 0 atom stereocenters. The average molecular weight is 450 g/mol. The summed E-state index contributed by atoms with van der Waals surface area (Å²) in [7, 11) is -2.91. The van der Waals surface area contributed by atoms with E-state index in [0.29, 0.717) is 5.69 Å². The molecule has 0 bridgehead atoms. The van der Waals surface area contributed by atoms with E-state index in [1.165, 1.54) is 19.2 Å². The molecule has 0 spiro atoms. The highest BCUT2D eigenvalue weighted by molar-refractivity contribution is 7.89. The quantitative estimate of drug-likeness (QED) is 0.560. The van der Waals surface area contributed by atoms with Gasteiger partial charge in [0.1, 0.15) is 17.2 Å². The minimum atomic E-state index is -4.16. The van der Waals surface area contributed by atoms with Gasteiger partial charge in [-0.15, -0.1) is 0 Å². The number of para-hydroxylation sites is 1. The van der Waals surface area contributed by atoms with Crippen molar-refractivity contribution in [1.29, 1.82) is 0 Å². The van der Waals surface area contributed by atoms with E-state index in [9.17, 15) is 22.8 Å². The summed E-state index contributed by atoms with van der Waals surface area (Å²) < 4.78 is 38.2. The smallest absolute Gasteiger partial charge is 0.338 e. The molecule has 0 heterocycles. The van der Waals surface area contributed by atoms with Gasteiger partial charge in [-0.05, 0) is 37.3 Å². The van der Waals surface area contributed by atoms with Crippen LogP contribution >= 0.6 is 0 Å². The van der Waals surface area contributed by atoms with Crippen LogP contribution in [-0.4, -0.2) is 53.1 Å². The molecule has 2 aromatic rings. The maximum absolute atomic E-state index is 12.7. The first-order valence-electron chi connectivity index (χ1n) is 9.06. The van der Waals surface area contributed by atoms with E-state index < -0.39 is 39.4 Å². The van der Waals surface area contributed by atoms with Crippen molar-refractivity contribution in [3.63, 3.8) is 0 Å². The lowest BCUT2D eigenvalue weighted by atomic mass is 10.2. The van der Waals surface area contributed by atoms with Crippen LogP contribution in [0.4, 0.5) is 5.69 Å². The molecule has 0 radical (unpaired) electrons. The van der Waals surface area contributed by atoms with Crippen LogP contribution in [0.15, 0.2) is 53.4 Å². The van der Waals surface area contributed by atoms with Crippen LogP contribution < -0.4 is 14.8 Å². The molecule has 0 aliphatic heterocycles. The molecule has 0 unspecified atom stereocenters. The molecule has 166 valence electrons. The molecular weight excluding hydrogens is 428 g/mol. The Morgan fingerprint density at radius 2 is 1.71 bits per heavy atom. The van der Waals surface area contributed by atoms with Crippen LogP contribution in [-0.2, 0) is 29.1 Å². The van der Waals surface area contributed by atoms with E-state index >= 15 is 0 Å². The van der Waals surface area contributed by atoms with Gasteiger partial charge in [0.15, 0.2) is 6.61 Å². The van der Waals surface area contributed by atoms with Gasteiger partial charge < -0.3 is 14.2 Å². The fourth-order valence-electron chi connectivity index (χ4n) is 2.58. The summed E-state index contributed by atoms with van der Waals surface area (Å²) in [5, 5.41) is 5.14. The molecule has 1 amide bonds. The predicted octanol–water partition coefficient (Wildman–Crippen LogP) is 1.10. The number of esters is 2. The van der Waals surface area contributed by atoms with Crippen LogP contribution in [0.3, 0.4) is 0 Å². The monoisotopic (exact) mass is 450 g/mol. The van der Waals surface area contributed by atoms with Gasteiger partial charge in [-0.2, -0.15) is 0 Å². The molecule has 0 aromatic heterocycles. The van der Waals surface area contributed by atoms with Gasteiger partial charge >= 0.3 is 11.9 Å². The van der Waals surface area contributed by atoms with Crippen LogP contribution in [0.2, 0.25) is 0 Å². The number of carbonyl (C=O) groups excluding carboxylic acids is 3. The number of benzene rings is 2. The Morgan fingerprint density at radius 1 is 1.03 bits per heavy atom. The molecule has 0 aliphatic carbocycles. The molecule has 0 saturated carbocycles. The molecule has 0 saturated heterocycles. The number of ether oxygens (including phenoxy) is 3. The lowest BCUT2D eigenvalue weighted by Gasteiger charge is -2.21. The van der Waals surface area contributed by atoms with E-state index in [1.54, 1.807) is 37.3 Å². The Morgan fingerprint density at radius 3 is 2.29 bits per heavy atom. The topological polar surface area (TPSA) is 142 Å². The summed E-state index contributed by atoms with van der Waals surface area (Å²) in [6.45, 7) is 0.726. The minimum absolute atomic E-state index is 0.0418. The number of anilines is 1. The molecule has 11 heteroatoms. The van der Waals surface area contributed by atoms with Gasteiger partial charge in [-0.3, -0.25) is 14.5 Å². The maximum Gasteiger partial charge on any atom is 0.338 e. The molecule has 2 N–H and O–H groups in total. The average Bonchev–Trinajstić information content (AvgIpc) is 2.75. The summed E-state index contributed by atoms with van der Waals surface area (Å²) in [5.74, 6) is -2.29. The molecule has 0 aliphatic rings. The molecule has 10 nitrogen and oxygen atoms in total. The van der Waals surface area contributed by atoms with Crippen molar-refractivity contribution >= 4 is 33.6 Å². The number of hydrogen-bond acceptors (Lipinski definition) is 8. The highest BCUT2D eigenvalue weighted by atomic mass is 32.2. The summed E-state index contributed by atoms with van der Waals surface area (Å²) in [6, 6.07) is 11.8. The largest absolute Gasteiger partial charge is 0.495 e. The first-order chi connectivity index (χ1) is 14.7. The lowest BCUT2D eigenvalue weighted by molar-refractivity contribution is -0.142. The van der Waals surface area contributed by atoms with Crippen molar-refractivity contribution in [2.75, 3.05) is 31.8 Å². The predicted molar refractivity (Wildman–Crippen MR) is 110 cm³/mol. The molecule has 0 fully saturated rings. The maximum atomic E-state index is 12.7. The van der Waals surface area contributed by atoms with Crippen molar-refractivity contribution in [1.82, 2.24) is 0 Å². The number of primary sulfonamides is 1. The van der Waals surface area contributed by atoms with E-state index in [4.69, 9.17) is 19.3 Å². The summed E-state index contributed by atoms with van der Waals surface area (Å²) in [4.78, 5) is 37.6. The second-order valence-corrected chi connectivity index (χ2v) is 7.64. The van der Waals surface area contributed by atoms with Gasteiger partial charge in [0.25, 0.3) is 5.91 Å². The molecule has 2 rings (SSSR count). The van der Waals surface area contributed by atoms with Gasteiger partial charge in [0, 0.05) is 5.69 Å². The Balaban J connectivity index is 2.16. The zero-order chi connectivity index (χ0) is 23.0. The number of sulfonamides is 1. The number of methoxy groups -OCH3 is 1. The highest BCUT2D eigenvalue weighted by Gasteiger charge is 2.23. The van der Waals surface area contributed by atoms with Crippen molar-refractivity contribution in [3.05, 3.63) is 54.1 Å². The van der Waals surface area contributed by atoms with E-state index in [-0.39, 0.29) is 24.5 Å². The van der Waals surface area contributed by atoms with E-state index in [2.05, 4.69) is 0 Å². The van der Waals surface area contributed by atoms with Crippen LogP contribution in [0.1, 0.15) is 17.3 Å². The van der Waals surface area contributed by atoms with Gasteiger partial charge in [-0.1, -0.05) is 18.2 Å². The minimum Gasteiger partial charge on any atom is -0.495 e. The first kappa shape index (κ1) is 23.8. The normalized spacial score (nSPS) is 10.8. The number of nitrogens with two attached hydrogens (primary N) is 1. The molecule has 31 heavy (non-hydrogen) atoms. The second kappa shape index (κ2) is 10.5. The van der Waals surface area contributed by atoms with Crippen molar-refractivity contribution in [3.8, 4) is 5.75 Å². The summed E-state index contributed by atoms with van der Waals surface area (Å²) in [5.41, 5.74) is 0.270. The zero-order valence-electron chi connectivity index (χ0n) is 16.9. The van der Waals surface area contributed by atoms with Gasteiger partial charge in [0.2, 0.25) is 10.0 Å². The number of amides is 1. The Labute approximate surface area is 179 Å². The second-order valence-electron chi connectivity index (χ2n) is 6.11. The van der Waals surface area contributed by atoms with E-state index in [1.807, 2.05) is 0 Å². The SMILES string of the molecule is CCOC(=O)CN(C(=O)COC(=O)c1ccc(OC)c(S(N)(=O)=O)c1)c1ccccc1. The Hall–Kier alpha value is -3.44. The van der Waals surface area contributed by atoms with Crippen molar-refractivity contribution in [2.45, 2.75) is 11.8 Å². The fourth-order valence-corrected chi connectivity index (χ4v) is 3.30. The fraction of sp³-hybridized carbons (Fsp3) is 0.250. The van der Waals surface area contributed by atoms with Crippen molar-refractivity contribution in [2.24, 2.45) is 5.14 Å². The third kappa shape index (κ3) is 6.52. The first-order valence-corrected chi connectivity index (χ1v) is 10.6. The number of rotatable bonds is 9. The summed E-state index contributed by atoms with van der Waals surface area (Å²) >= 11 is 0.